The van der Waals surface area contributed by atoms with Crippen LogP contribution in [0.2, 0.25) is 0 Å². The van der Waals surface area contributed by atoms with E-state index in [2.05, 4.69) is 31.0 Å². The number of aryl methyl sites for hydroxylation is 1. The number of thiophene rings is 1. The van der Waals surface area contributed by atoms with E-state index in [1.165, 1.54) is 4.88 Å². The van der Waals surface area contributed by atoms with Gasteiger partial charge in [0.05, 0.1) is 12.5 Å². The van der Waals surface area contributed by atoms with E-state index >= 15 is 0 Å². The summed E-state index contributed by atoms with van der Waals surface area (Å²) in [6.07, 6.45) is 0.916. The minimum atomic E-state index is 0.0678. The van der Waals surface area contributed by atoms with Crippen LogP contribution >= 0.6 is 11.3 Å². The minimum absolute atomic E-state index is 0.0678. The summed E-state index contributed by atoms with van der Waals surface area (Å²) in [6.45, 7) is 5.31. The zero-order valence-electron chi connectivity index (χ0n) is 15.2. The maximum Gasteiger partial charge on any atom is 0.227 e. The molecule has 1 aromatic heterocycles. The average molecular weight is 372 g/mol. The number of ether oxygens (including phenoxy) is 1. The molecule has 1 aromatic carbocycles. The van der Waals surface area contributed by atoms with Crippen molar-refractivity contribution in [3.8, 4) is 21.9 Å². The van der Waals surface area contributed by atoms with E-state index in [4.69, 9.17) is 4.74 Å². The largest absolute Gasteiger partial charge is 0.504 e. The van der Waals surface area contributed by atoms with Crippen LogP contribution in [-0.2, 0) is 11.3 Å². The van der Waals surface area contributed by atoms with Gasteiger partial charge in [-0.05, 0) is 56.8 Å². The molecule has 5 nitrogen and oxygen atoms in total. The SMILES string of the molecule is Cc1ccc(-c2cc(O)c3c(c2)CN(C(=O)[C@H]2CCN(C)C2)CCO3)s1. The van der Waals surface area contributed by atoms with Crippen LogP contribution in [0.15, 0.2) is 24.3 Å². The second-order valence-corrected chi connectivity index (χ2v) is 8.54. The molecule has 1 atom stereocenters. The standard InChI is InChI=1S/C20H24N2O3S/c1-13-3-4-18(26-13)15-9-16-12-22(7-8-25-19(16)17(23)10-15)20(24)14-5-6-21(2)11-14/h3-4,9-10,14,23H,5-8,11-12H2,1-2H3/t14-/m0/s1. The van der Waals surface area contributed by atoms with Gasteiger partial charge in [-0.2, -0.15) is 0 Å². The lowest BCUT2D eigenvalue weighted by atomic mass is 10.0. The Hall–Kier alpha value is -2.05. The molecule has 2 aliphatic rings. The molecule has 1 fully saturated rings. The van der Waals surface area contributed by atoms with Crippen molar-refractivity contribution in [3.63, 3.8) is 0 Å². The molecule has 6 heteroatoms. The second-order valence-electron chi connectivity index (χ2n) is 7.25. The molecule has 138 valence electrons. The number of rotatable bonds is 2. The molecule has 2 aliphatic heterocycles. The lowest BCUT2D eigenvalue weighted by Crippen LogP contribution is -2.38. The van der Waals surface area contributed by atoms with Crippen molar-refractivity contribution in [1.82, 2.24) is 9.80 Å². The highest BCUT2D eigenvalue weighted by Crippen LogP contribution is 2.39. The highest BCUT2D eigenvalue weighted by molar-refractivity contribution is 7.15. The first kappa shape index (κ1) is 17.4. The van der Waals surface area contributed by atoms with Gasteiger partial charge in [-0.15, -0.1) is 11.3 Å². The molecule has 0 unspecified atom stereocenters. The van der Waals surface area contributed by atoms with Crippen LogP contribution in [0.3, 0.4) is 0 Å². The number of amides is 1. The highest BCUT2D eigenvalue weighted by atomic mass is 32.1. The molecule has 1 saturated heterocycles. The Kier molecular flexibility index (Phi) is 4.63. The summed E-state index contributed by atoms with van der Waals surface area (Å²) in [6, 6.07) is 7.95. The number of benzene rings is 1. The van der Waals surface area contributed by atoms with Crippen molar-refractivity contribution in [2.24, 2.45) is 5.92 Å². The van der Waals surface area contributed by atoms with Gasteiger partial charge in [0.1, 0.15) is 6.61 Å². The van der Waals surface area contributed by atoms with Gasteiger partial charge in [-0.25, -0.2) is 0 Å². The molecular formula is C20H24N2O3S. The molecule has 2 aromatic rings. The van der Waals surface area contributed by atoms with E-state index in [-0.39, 0.29) is 17.6 Å². The Morgan fingerprint density at radius 2 is 2.15 bits per heavy atom. The van der Waals surface area contributed by atoms with Crippen molar-refractivity contribution >= 4 is 17.2 Å². The van der Waals surface area contributed by atoms with Crippen molar-refractivity contribution in [3.05, 3.63) is 34.7 Å². The third-order valence-corrected chi connectivity index (χ3v) is 6.24. The Bertz CT molecular complexity index is 832. The summed E-state index contributed by atoms with van der Waals surface area (Å²) in [5.41, 5.74) is 1.85. The molecule has 3 heterocycles. The number of hydrogen-bond acceptors (Lipinski definition) is 5. The summed E-state index contributed by atoms with van der Waals surface area (Å²) < 4.78 is 5.79. The fourth-order valence-corrected chi connectivity index (χ4v) is 4.67. The Morgan fingerprint density at radius 1 is 1.31 bits per heavy atom. The molecule has 4 rings (SSSR count). The number of carbonyl (C=O) groups excluding carboxylic acids is 1. The Morgan fingerprint density at radius 3 is 2.85 bits per heavy atom. The van der Waals surface area contributed by atoms with Crippen LogP contribution in [0, 0.1) is 12.8 Å². The number of phenolic OH excluding ortho intramolecular Hbond substituents is 1. The first-order chi connectivity index (χ1) is 12.5. The first-order valence-electron chi connectivity index (χ1n) is 9.04. The number of aromatic hydroxyl groups is 1. The maximum atomic E-state index is 12.9. The lowest BCUT2D eigenvalue weighted by Gasteiger charge is -2.23. The molecule has 26 heavy (non-hydrogen) atoms. The summed E-state index contributed by atoms with van der Waals surface area (Å²) in [7, 11) is 2.06. The quantitative estimate of drug-likeness (QED) is 0.880. The zero-order chi connectivity index (χ0) is 18.3. The van der Waals surface area contributed by atoms with Gasteiger partial charge >= 0.3 is 0 Å². The van der Waals surface area contributed by atoms with Crippen LogP contribution < -0.4 is 4.74 Å². The lowest BCUT2D eigenvalue weighted by molar-refractivity contribution is -0.135. The number of hydrogen-bond donors (Lipinski definition) is 1. The normalized spacial score (nSPS) is 20.5. The fraction of sp³-hybridized carbons (Fsp3) is 0.450. The molecular weight excluding hydrogens is 348 g/mol. The van der Waals surface area contributed by atoms with Crippen LogP contribution in [-0.4, -0.2) is 54.1 Å². The van der Waals surface area contributed by atoms with E-state index in [1.807, 2.05) is 11.0 Å². The molecule has 0 radical (unpaired) electrons. The minimum Gasteiger partial charge on any atom is -0.504 e. The van der Waals surface area contributed by atoms with Crippen LogP contribution in [0.4, 0.5) is 0 Å². The Balaban J connectivity index is 1.62. The number of carbonyl (C=O) groups is 1. The van der Waals surface area contributed by atoms with Crippen molar-refractivity contribution in [1.29, 1.82) is 0 Å². The van der Waals surface area contributed by atoms with E-state index < -0.39 is 0 Å². The molecule has 0 bridgehead atoms. The van der Waals surface area contributed by atoms with E-state index in [0.29, 0.717) is 25.4 Å². The third-order valence-electron chi connectivity index (χ3n) is 5.19. The van der Waals surface area contributed by atoms with Gasteiger partial charge in [0.2, 0.25) is 5.91 Å². The molecule has 0 spiro atoms. The summed E-state index contributed by atoms with van der Waals surface area (Å²) >= 11 is 1.70. The molecule has 0 aliphatic carbocycles. The van der Waals surface area contributed by atoms with Gasteiger partial charge in [0.25, 0.3) is 0 Å². The number of nitrogens with zero attached hydrogens (tertiary/aromatic N) is 2. The van der Waals surface area contributed by atoms with E-state index in [1.54, 1.807) is 17.4 Å². The number of likely N-dealkylation sites (tertiary alicyclic amines) is 1. The second kappa shape index (κ2) is 6.93. The summed E-state index contributed by atoms with van der Waals surface area (Å²) in [4.78, 5) is 19.4. The van der Waals surface area contributed by atoms with Crippen LogP contribution in [0.25, 0.3) is 10.4 Å². The first-order valence-corrected chi connectivity index (χ1v) is 9.86. The predicted molar refractivity (Wildman–Crippen MR) is 103 cm³/mol. The monoisotopic (exact) mass is 372 g/mol. The van der Waals surface area contributed by atoms with Crippen molar-refractivity contribution in [2.45, 2.75) is 19.9 Å². The third kappa shape index (κ3) is 3.31. The molecule has 0 saturated carbocycles. The van der Waals surface area contributed by atoms with Gasteiger partial charge in [0.15, 0.2) is 11.5 Å². The number of phenols is 1. The van der Waals surface area contributed by atoms with Crippen molar-refractivity contribution < 1.29 is 14.6 Å². The fourth-order valence-electron chi connectivity index (χ4n) is 3.81. The zero-order valence-corrected chi connectivity index (χ0v) is 16.0. The summed E-state index contributed by atoms with van der Waals surface area (Å²) in [5.74, 6) is 0.931. The Labute approximate surface area is 157 Å². The van der Waals surface area contributed by atoms with E-state index in [9.17, 15) is 9.90 Å². The van der Waals surface area contributed by atoms with Gasteiger partial charge in [-0.3, -0.25) is 4.79 Å². The molecule has 1 N–H and O–H groups in total. The topological polar surface area (TPSA) is 53.0 Å². The van der Waals surface area contributed by atoms with Crippen LogP contribution in [0.1, 0.15) is 16.9 Å². The predicted octanol–water partition coefficient (Wildman–Crippen LogP) is 3.10. The van der Waals surface area contributed by atoms with E-state index in [0.717, 1.165) is 35.5 Å². The number of fused-ring (bicyclic) bond motifs is 1. The van der Waals surface area contributed by atoms with Crippen LogP contribution in [0.5, 0.6) is 11.5 Å². The van der Waals surface area contributed by atoms with Gasteiger partial charge in [-0.1, -0.05) is 0 Å². The van der Waals surface area contributed by atoms with Crippen molar-refractivity contribution in [2.75, 3.05) is 33.3 Å². The highest BCUT2D eigenvalue weighted by Gasteiger charge is 2.31. The summed E-state index contributed by atoms with van der Waals surface area (Å²) in [5, 5.41) is 10.5. The molecule has 1 amide bonds. The van der Waals surface area contributed by atoms with Gasteiger partial charge < -0.3 is 19.6 Å². The smallest absolute Gasteiger partial charge is 0.227 e. The average Bonchev–Trinajstić information content (AvgIpc) is 3.17. The maximum absolute atomic E-state index is 12.9. The van der Waals surface area contributed by atoms with Gasteiger partial charge in [0, 0.05) is 28.4 Å².